The Morgan fingerprint density at radius 1 is 1.27 bits per heavy atom. The fourth-order valence-electron chi connectivity index (χ4n) is 3.89. The van der Waals surface area contributed by atoms with E-state index >= 15 is 0 Å². The number of hydrogen-bond acceptors (Lipinski definition) is 6. The number of pyridine rings is 1. The molecule has 8 nitrogen and oxygen atoms in total. The lowest BCUT2D eigenvalue weighted by atomic mass is 9.97. The molecule has 0 saturated heterocycles. The van der Waals surface area contributed by atoms with Crippen molar-refractivity contribution in [1.29, 1.82) is 0 Å². The molecule has 2 amide bonds. The number of aliphatic imine (C=N–C) groups is 1. The normalized spacial score (nSPS) is 15.4. The van der Waals surface area contributed by atoms with Gasteiger partial charge in [0.1, 0.15) is 6.04 Å². The Morgan fingerprint density at radius 2 is 2.06 bits per heavy atom. The first kappa shape index (κ1) is 23.9. The molecule has 0 spiro atoms. The van der Waals surface area contributed by atoms with Crippen LogP contribution in [0.25, 0.3) is 0 Å². The monoisotopic (exact) mass is 452 g/mol. The summed E-state index contributed by atoms with van der Waals surface area (Å²) in [5, 5.41) is 8.44. The van der Waals surface area contributed by atoms with Crippen LogP contribution < -0.4 is 21.7 Å². The van der Waals surface area contributed by atoms with Gasteiger partial charge >= 0.3 is 0 Å². The highest BCUT2D eigenvalue weighted by Gasteiger charge is 2.27. The third-order valence-electron chi connectivity index (χ3n) is 5.53. The lowest BCUT2D eigenvalue weighted by Gasteiger charge is -2.22. The smallest absolute Gasteiger partial charge is 0.252 e. The molecule has 0 bridgehead atoms. The summed E-state index contributed by atoms with van der Waals surface area (Å²) >= 11 is 0. The zero-order valence-electron chi connectivity index (χ0n) is 18.6. The maximum atomic E-state index is 13.9. The first-order chi connectivity index (χ1) is 16.0. The Hall–Kier alpha value is -3.75. The van der Waals surface area contributed by atoms with Gasteiger partial charge in [0.25, 0.3) is 5.91 Å². The second kappa shape index (κ2) is 11.8. The maximum absolute atomic E-state index is 13.9. The molecule has 1 heterocycles. The molecule has 33 heavy (non-hydrogen) atoms. The molecule has 1 aliphatic rings. The average Bonchev–Trinajstić information content (AvgIpc) is 3.33. The van der Waals surface area contributed by atoms with Crippen molar-refractivity contribution in [3.05, 3.63) is 65.9 Å². The number of hydrogen-bond donors (Lipinski definition) is 4. The van der Waals surface area contributed by atoms with Crippen LogP contribution in [0.5, 0.6) is 0 Å². The molecule has 3 rings (SSSR count). The molecule has 1 aromatic carbocycles. The Labute approximate surface area is 192 Å². The van der Waals surface area contributed by atoms with Gasteiger partial charge in [-0.2, -0.15) is 0 Å². The number of nitrogens with one attached hydrogen (secondary N) is 3. The van der Waals surface area contributed by atoms with Crippen LogP contribution in [-0.2, 0) is 4.79 Å². The second-order valence-corrected chi connectivity index (χ2v) is 7.95. The van der Waals surface area contributed by atoms with E-state index in [0.717, 1.165) is 25.7 Å². The minimum Gasteiger partial charge on any atom is -0.403 e. The molecular formula is C24H29FN6O2. The number of allylic oxidation sites excluding steroid dienone is 1. The van der Waals surface area contributed by atoms with Gasteiger partial charge in [0.2, 0.25) is 5.91 Å². The summed E-state index contributed by atoms with van der Waals surface area (Å²) < 4.78 is 13.9. The van der Waals surface area contributed by atoms with E-state index < -0.39 is 17.8 Å². The summed E-state index contributed by atoms with van der Waals surface area (Å²) in [6.45, 7) is 0. The molecule has 1 fully saturated rings. The summed E-state index contributed by atoms with van der Waals surface area (Å²) in [7, 11) is 1.57. The van der Waals surface area contributed by atoms with Crippen LogP contribution in [0.4, 0.5) is 15.9 Å². The van der Waals surface area contributed by atoms with Gasteiger partial charge < -0.3 is 21.7 Å². The summed E-state index contributed by atoms with van der Waals surface area (Å²) in [4.78, 5) is 33.8. The van der Waals surface area contributed by atoms with Crippen molar-refractivity contribution in [3.8, 4) is 0 Å². The molecule has 1 atom stereocenters. The highest BCUT2D eigenvalue weighted by molar-refractivity contribution is 5.99. The first-order valence-corrected chi connectivity index (χ1v) is 10.9. The molecule has 0 radical (unpaired) electrons. The predicted molar refractivity (Wildman–Crippen MR) is 127 cm³/mol. The quantitative estimate of drug-likeness (QED) is 0.435. The molecule has 1 aliphatic carbocycles. The minimum absolute atomic E-state index is 0.0623. The van der Waals surface area contributed by atoms with E-state index in [9.17, 15) is 14.0 Å². The summed E-state index contributed by atoms with van der Waals surface area (Å²) in [5.41, 5.74) is 6.76. The number of carbonyl (C=O) groups is 2. The minimum atomic E-state index is -0.731. The van der Waals surface area contributed by atoms with Crippen molar-refractivity contribution in [3.63, 3.8) is 0 Å². The number of aromatic nitrogens is 1. The molecule has 2 aromatic rings. The van der Waals surface area contributed by atoms with E-state index in [1.807, 2.05) is 0 Å². The Bertz CT molecular complexity index is 1030. The van der Waals surface area contributed by atoms with Crippen molar-refractivity contribution in [2.75, 3.05) is 12.4 Å². The number of benzene rings is 1. The zero-order chi connectivity index (χ0) is 23.6. The van der Waals surface area contributed by atoms with E-state index in [1.165, 1.54) is 30.7 Å². The first-order valence-electron chi connectivity index (χ1n) is 10.9. The van der Waals surface area contributed by atoms with Crippen molar-refractivity contribution < 1.29 is 14.0 Å². The van der Waals surface area contributed by atoms with E-state index in [-0.39, 0.29) is 11.7 Å². The average molecular weight is 453 g/mol. The molecule has 174 valence electrons. The summed E-state index contributed by atoms with van der Waals surface area (Å²) in [6, 6.07) is 8.67. The van der Waals surface area contributed by atoms with Crippen LogP contribution in [-0.4, -0.2) is 36.1 Å². The van der Waals surface area contributed by atoms with Crippen molar-refractivity contribution in [2.45, 2.75) is 38.1 Å². The largest absolute Gasteiger partial charge is 0.403 e. The molecular weight excluding hydrogens is 423 g/mol. The SMILES string of the molecule is CN=C/C(=C\N)NC(=O)C(CC1CCCC1)NC(=O)c1cccc(Nc2ncccc2F)c1. The van der Waals surface area contributed by atoms with Crippen molar-refractivity contribution in [2.24, 2.45) is 16.6 Å². The fourth-order valence-corrected chi connectivity index (χ4v) is 3.89. The summed E-state index contributed by atoms with van der Waals surface area (Å²) in [6.07, 6.45) is 9.03. The van der Waals surface area contributed by atoms with E-state index in [1.54, 1.807) is 31.3 Å². The lowest BCUT2D eigenvalue weighted by Crippen LogP contribution is -2.47. The number of nitrogens with two attached hydrogens (primary N) is 1. The van der Waals surface area contributed by atoms with Gasteiger partial charge in [0.05, 0.1) is 5.70 Å². The van der Waals surface area contributed by atoms with E-state index in [0.29, 0.717) is 29.3 Å². The molecule has 0 aliphatic heterocycles. The van der Waals surface area contributed by atoms with Crippen molar-refractivity contribution in [1.82, 2.24) is 15.6 Å². The summed E-state index contributed by atoms with van der Waals surface area (Å²) in [5.74, 6) is -0.823. The van der Waals surface area contributed by atoms with Crippen LogP contribution in [0.3, 0.4) is 0 Å². The number of carbonyl (C=O) groups excluding carboxylic acids is 2. The highest BCUT2D eigenvalue weighted by Crippen LogP contribution is 2.29. The van der Waals surface area contributed by atoms with E-state index in [4.69, 9.17) is 5.73 Å². The van der Waals surface area contributed by atoms with Crippen LogP contribution >= 0.6 is 0 Å². The van der Waals surface area contributed by atoms with Gasteiger partial charge in [-0.25, -0.2) is 9.37 Å². The number of amides is 2. The van der Waals surface area contributed by atoms with Crippen LogP contribution in [0.1, 0.15) is 42.5 Å². The van der Waals surface area contributed by atoms with Crippen LogP contribution in [0.2, 0.25) is 0 Å². The standard InChI is InChI=1S/C24H29FN6O2/c1-27-15-19(14-26)30-24(33)21(12-16-6-2-3-7-16)31-23(32)17-8-4-9-18(13-17)29-22-20(25)10-5-11-28-22/h4-5,8-11,13-16,21H,2-3,6-7,12,26H2,1H3,(H,28,29)(H,30,33)(H,31,32)/b19-14+,27-15?. The number of rotatable bonds is 9. The van der Waals surface area contributed by atoms with Gasteiger partial charge in [-0.15, -0.1) is 0 Å². The van der Waals surface area contributed by atoms with E-state index in [2.05, 4.69) is 25.9 Å². The molecule has 1 saturated carbocycles. The molecule has 1 aromatic heterocycles. The maximum Gasteiger partial charge on any atom is 0.252 e. The Balaban J connectivity index is 1.74. The second-order valence-electron chi connectivity index (χ2n) is 7.95. The zero-order valence-corrected chi connectivity index (χ0v) is 18.6. The van der Waals surface area contributed by atoms with Gasteiger partial charge in [0, 0.05) is 36.9 Å². The van der Waals surface area contributed by atoms with Crippen molar-refractivity contribution >= 4 is 29.5 Å². The third kappa shape index (κ3) is 6.86. The van der Waals surface area contributed by atoms with Gasteiger partial charge in [-0.3, -0.25) is 14.6 Å². The third-order valence-corrected chi connectivity index (χ3v) is 5.53. The van der Waals surface area contributed by atoms with Crippen LogP contribution in [0.15, 0.2) is 59.5 Å². The molecule has 1 unspecified atom stereocenters. The van der Waals surface area contributed by atoms with Crippen LogP contribution in [0, 0.1) is 11.7 Å². The number of anilines is 2. The molecule has 9 heteroatoms. The van der Waals surface area contributed by atoms with Gasteiger partial charge in [-0.1, -0.05) is 31.7 Å². The predicted octanol–water partition coefficient (Wildman–Crippen LogP) is 3.26. The number of halogens is 1. The number of nitrogens with zero attached hydrogens (tertiary/aromatic N) is 2. The lowest BCUT2D eigenvalue weighted by molar-refractivity contribution is -0.122. The Morgan fingerprint density at radius 3 is 2.76 bits per heavy atom. The highest BCUT2D eigenvalue weighted by atomic mass is 19.1. The van der Waals surface area contributed by atoms with Gasteiger partial charge in [0.15, 0.2) is 11.6 Å². The van der Waals surface area contributed by atoms with Gasteiger partial charge in [-0.05, 0) is 42.7 Å². The molecule has 5 N–H and O–H groups in total. The fraction of sp³-hybridized carbons (Fsp3) is 0.333. The topological polar surface area (TPSA) is 121 Å². The Kier molecular flexibility index (Phi) is 8.51.